The Hall–Kier alpha value is -1.00. The van der Waals surface area contributed by atoms with Crippen LogP contribution in [0.4, 0.5) is 8.78 Å². The molecule has 0 saturated carbocycles. The molecule has 18 heavy (non-hydrogen) atoms. The molecule has 4 heteroatoms. The molecule has 1 aromatic carbocycles. The van der Waals surface area contributed by atoms with E-state index in [-0.39, 0.29) is 6.61 Å². The Morgan fingerprint density at radius 1 is 1.33 bits per heavy atom. The Labute approximate surface area is 106 Å². The molecule has 1 N–H and O–H groups in total. The summed E-state index contributed by atoms with van der Waals surface area (Å²) < 4.78 is 26.7. The quantitative estimate of drug-likeness (QED) is 0.893. The zero-order valence-electron chi connectivity index (χ0n) is 10.4. The van der Waals surface area contributed by atoms with E-state index in [9.17, 15) is 8.78 Å². The Morgan fingerprint density at radius 3 is 2.94 bits per heavy atom. The van der Waals surface area contributed by atoms with E-state index in [4.69, 9.17) is 5.11 Å². The molecule has 1 saturated heterocycles. The van der Waals surface area contributed by atoms with Crippen molar-refractivity contribution in [2.75, 3.05) is 19.7 Å². The summed E-state index contributed by atoms with van der Waals surface area (Å²) >= 11 is 0. The van der Waals surface area contributed by atoms with E-state index in [1.165, 1.54) is 0 Å². The standard InChI is InChI=1S/C14H19F2NO/c15-13-5-1-4-12(14(13)16)10-17-7-2-3-11(9-17)6-8-18/h1,4-5,11,18H,2-3,6-10H2. The van der Waals surface area contributed by atoms with Crippen LogP contribution in [-0.2, 0) is 6.54 Å². The van der Waals surface area contributed by atoms with Crippen LogP contribution < -0.4 is 0 Å². The number of halogens is 2. The first-order chi connectivity index (χ1) is 8.70. The van der Waals surface area contributed by atoms with Crippen molar-refractivity contribution in [1.29, 1.82) is 0 Å². The molecule has 0 aliphatic carbocycles. The van der Waals surface area contributed by atoms with Gasteiger partial charge in [0.05, 0.1) is 0 Å². The molecule has 0 radical (unpaired) electrons. The number of likely N-dealkylation sites (tertiary alicyclic amines) is 1. The lowest BCUT2D eigenvalue weighted by Gasteiger charge is -2.32. The number of rotatable bonds is 4. The summed E-state index contributed by atoms with van der Waals surface area (Å²) in [5, 5.41) is 8.95. The predicted octanol–water partition coefficient (Wildman–Crippen LogP) is 2.56. The summed E-state index contributed by atoms with van der Waals surface area (Å²) in [6, 6.07) is 4.32. The van der Waals surface area contributed by atoms with E-state index in [0.717, 1.165) is 38.4 Å². The third-order valence-electron chi connectivity index (χ3n) is 3.57. The fourth-order valence-electron chi connectivity index (χ4n) is 2.62. The van der Waals surface area contributed by atoms with Crippen LogP contribution in [0.15, 0.2) is 18.2 Å². The highest BCUT2D eigenvalue weighted by molar-refractivity contribution is 5.18. The topological polar surface area (TPSA) is 23.5 Å². The average Bonchev–Trinajstić information content (AvgIpc) is 2.36. The highest BCUT2D eigenvalue weighted by Crippen LogP contribution is 2.22. The minimum Gasteiger partial charge on any atom is -0.396 e. The lowest BCUT2D eigenvalue weighted by atomic mass is 9.95. The van der Waals surface area contributed by atoms with Crippen LogP contribution in [0.25, 0.3) is 0 Å². The molecule has 0 aromatic heterocycles. The zero-order chi connectivity index (χ0) is 13.0. The predicted molar refractivity (Wildman–Crippen MR) is 66.1 cm³/mol. The average molecular weight is 255 g/mol. The normalized spacial score (nSPS) is 21.2. The van der Waals surface area contributed by atoms with Crippen LogP contribution in [0, 0.1) is 17.6 Å². The van der Waals surface area contributed by atoms with Gasteiger partial charge in [-0.1, -0.05) is 12.1 Å². The van der Waals surface area contributed by atoms with Crippen molar-refractivity contribution in [2.24, 2.45) is 5.92 Å². The molecule has 1 fully saturated rings. The summed E-state index contributed by atoms with van der Waals surface area (Å²) in [5.74, 6) is -1.04. The van der Waals surface area contributed by atoms with Gasteiger partial charge >= 0.3 is 0 Å². The van der Waals surface area contributed by atoms with Gasteiger partial charge in [-0.05, 0) is 37.8 Å². The van der Waals surface area contributed by atoms with Crippen LogP contribution in [0.2, 0.25) is 0 Å². The molecule has 1 unspecified atom stereocenters. The van der Waals surface area contributed by atoms with Crippen LogP contribution in [0.1, 0.15) is 24.8 Å². The smallest absolute Gasteiger partial charge is 0.163 e. The van der Waals surface area contributed by atoms with Crippen LogP contribution >= 0.6 is 0 Å². The first-order valence-electron chi connectivity index (χ1n) is 6.47. The minimum absolute atomic E-state index is 0.201. The van der Waals surface area contributed by atoms with Gasteiger partial charge in [0, 0.05) is 25.3 Å². The minimum atomic E-state index is -0.781. The van der Waals surface area contributed by atoms with Crippen molar-refractivity contribution >= 4 is 0 Å². The molecule has 0 bridgehead atoms. The van der Waals surface area contributed by atoms with E-state index in [1.807, 2.05) is 0 Å². The number of benzene rings is 1. The fraction of sp³-hybridized carbons (Fsp3) is 0.571. The van der Waals surface area contributed by atoms with Gasteiger partial charge in [-0.2, -0.15) is 0 Å². The molecule has 2 rings (SSSR count). The molecule has 100 valence electrons. The SMILES string of the molecule is OCCC1CCCN(Cc2cccc(F)c2F)C1. The third-order valence-corrected chi connectivity index (χ3v) is 3.57. The number of aliphatic hydroxyl groups is 1. The summed E-state index contributed by atoms with van der Waals surface area (Å²) in [6.45, 7) is 2.42. The van der Waals surface area contributed by atoms with Gasteiger partial charge in [-0.15, -0.1) is 0 Å². The first kappa shape index (κ1) is 13.4. The van der Waals surface area contributed by atoms with Gasteiger partial charge in [-0.25, -0.2) is 8.78 Å². The number of nitrogens with zero attached hydrogens (tertiary/aromatic N) is 1. The molecule has 2 nitrogen and oxygen atoms in total. The van der Waals surface area contributed by atoms with Crippen molar-refractivity contribution < 1.29 is 13.9 Å². The molecule has 1 aromatic rings. The maximum absolute atomic E-state index is 13.6. The van der Waals surface area contributed by atoms with E-state index >= 15 is 0 Å². The molecule has 1 aliphatic heterocycles. The van der Waals surface area contributed by atoms with E-state index in [1.54, 1.807) is 12.1 Å². The maximum atomic E-state index is 13.6. The van der Waals surface area contributed by atoms with Gasteiger partial charge in [0.15, 0.2) is 11.6 Å². The Bertz CT molecular complexity index is 395. The molecular weight excluding hydrogens is 236 g/mol. The monoisotopic (exact) mass is 255 g/mol. The van der Waals surface area contributed by atoms with Crippen LogP contribution in [-0.4, -0.2) is 29.7 Å². The molecule has 0 spiro atoms. The molecular formula is C14H19F2NO. The highest BCUT2D eigenvalue weighted by Gasteiger charge is 2.20. The maximum Gasteiger partial charge on any atom is 0.163 e. The van der Waals surface area contributed by atoms with Crippen LogP contribution in [0.3, 0.4) is 0 Å². The Morgan fingerprint density at radius 2 is 2.17 bits per heavy atom. The number of hydrogen-bond acceptors (Lipinski definition) is 2. The van der Waals surface area contributed by atoms with E-state index in [2.05, 4.69) is 4.90 Å². The summed E-state index contributed by atoms with van der Waals surface area (Å²) in [4.78, 5) is 2.14. The molecule has 1 heterocycles. The van der Waals surface area contributed by atoms with Gasteiger partial charge in [0.2, 0.25) is 0 Å². The van der Waals surface area contributed by atoms with Crippen molar-refractivity contribution in [3.05, 3.63) is 35.4 Å². The summed E-state index contributed by atoms with van der Waals surface area (Å²) in [7, 11) is 0. The largest absolute Gasteiger partial charge is 0.396 e. The van der Waals surface area contributed by atoms with Crippen molar-refractivity contribution in [3.8, 4) is 0 Å². The fourth-order valence-corrected chi connectivity index (χ4v) is 2.62. The lowest BCUT2D eigenvalue weighted by molar-refractivity contribution is 0.141. The first-order valence-corrected chi connectivity index (χ1v) is 6.47. The molecule has 0 amide bonds. The van der Waals surface area contributed by atoms with Crippen molar-refractivity contribution in [2.45, 2.75) is 25.8 Å². The number of hydrogen-bond donors (Lipinski definition) is 1. The Balaban J connectivity index is 1.98. The molecule has 1 aliphatic rings. The Kier molecular flexibility index (Phi) is 4.66. The van der Waals surface area contributed by atoms with Crippen LogP contribution in [0.5, 0.6) is 0 Å². The van der Waals surface area contributed by atoms with E-state index < -0.39 is 11.6 Å². The van der Waals surface area contributed by atoms with Gasteiger partial charge in [0.1, 0.15) is 0 Å². The third kappa shape index (κ3) is 3.27. The summed E-state index contributed by atoms with van der Waals surface area (Å²) in [6.07, 6.45) is 2.96. The number of piperidine rings is 1. The summed E-state index contributed by atoms with van der Waals surface area (Å²) in [5.41, 5.74) is 0.416. The van der Waals surface area contributed by atoms with E-state index in [0.29, 0.717) is 18.0 Å². The second kappa shape index (κ2) is 6.25. The van der Waals surface area contributed by atoms with Gasteiger partial charge in [0.25, 0.3) is 0 Å². The molecule has 1 atom stereocenters. The van der Waals surface area contributed by atoms with Crippen molar-refractivity contribution in [1.82, 2.24) is 4.90 Å². The highest BCUT2D eigenvalue weighted by atomic mass is 19.2. The second-order valence-corrected chi connectivity index (χ2v) is 4.97. The second-order valence-electron chi connectivity index (χ2n) is 4.97. The van der Waals surface area contributed by atoms with Gasteiger partial charge < -0.3 is 5.11 Å². The zero-order valence-corrected chi connectivity index (χ0v) is 10.4. The number of aliphatic hydroxyl groups excluding tert-OH is 1. The lowest BCUT2D eigenvalue weighted by Crippen LogP contribution is -2.35. The van der Waals surface area contributed by atoms with Crippen molar-refractivity contribution in [3.63, 3.8) is 0 Å². The van der Waals surface area contributed by atoms with Gasteiger partial charge in [-0.3, -0.25) is 4.90 Å².